The van der Waals surface area contributed by atoms with Crippen molar-refractivity contribution in [2.45, 2.75) is 0 Å². The van der Waals surface area contributed by atoms with E-state index < -0.39 is 0 Å². The Bertz CT molecular complexity index is 1210. The number of benzene rings is 1. The third-order valence-electron chi connectivity index (χ3n) is 4.24. The van der Waals surface area contributed by atoms with Gasteiger partial charge in [-0.15, -0.1) is 10.2 Å². The van der Waals surface area contributed by atoms with E-state index in [2.05, 4.69) is 20.2 Å². The summed E-state index contributed by atoms with van der Waals surface area (Å²) in [6.45, 7) is 0. The van der Waals surface area contributed by atoms with E-state index in [1.807, 2.05) is 42.5 Å². The highest BCUT2D eigenvalue weighted by molar-refractivity contribution is 5.75. The van der Waals surface area contributed by atoms with Crippen molar-refractivity contribution in [3.05, 3.63) is 78.7 Å². The number of fused-ring (bicyclic) bond motifs is 1. The van der Waals surface area contributed by atoms with E-state index in [1.165, 1.54) is 17.1 Å². The molecule has 130 valence electrons. The van der Waals surface area contributed by atoms with Gasteiger partial charge in [0.1, 0.15) is 5.56 Å². The van der Waals surface area contributed by atoms with E-state index in [9.17, 15) is 5.21 Å². The minimum atomic E-state index is 0.460. The summed E-state index contributed by atoms with van der Waals surface area (Å²) in [6.07, 6.45) is 6.16. The van der Waals surface area contributed by atoms with Crippen molar-refractivity contribution >= 4 is 5.65 Å². The van der Waals surface area contributed by atoms with Crippen LogP contribution in [-0.4, -0.2) is 24.7 Å². The molecule has 0 spiro atoms. The zero-order valence-electron chi connectivity index (χ0n) is 13.9. The number of rotatable bonds is 3. The van der Waals surface area contributed by atoms with E-state index in [4.69, 9.17) is 4.42 Å². The van der Waals surface area contributed by atoms with Gasteiger partial charge < -0.3 is 9.62 Å². The van der Waals surface area contributed by atoms with Crippen LogP contribution in [0.3, 0.4) is 0 Å². The standard InChI is InChI=1S/C19H12N6O2/c26-25-11-15(17-3-1-2-9-20-17)18-22-16(8-10-24(18)25)13-4-6-14(7-5-13)19-23-21-12-27-19/h1-12H. The minimum absolute atomic E-state index is 0.460. The number of pyridine rings is 1. The normalized spacial score (nSPS) is 11.1. The maximum Gasteiger partial charge on any atom is 0.247 e. The number of hydrogen-bond donors (Lipinski definition) is 0. The number of hydrogen-bond acceptors (Lipinski definition) is 6. The van der Waals surface area contributed by atoms with Crippen LogP contribution in [0.4, 0.5) is 0 Å². The lowest BCUT2D eigenvalue weighted by Crippen LogP contribution is -2.31. The summed E-state index contributed by atoms with van der Waals surface area (Å²) in [7, 11) is 0. The first kappa shape index (κ1) is 15.2. The first-order valence-corrected chi connectivity index (χ1v) is 8.19. The van der Waals surface area contributed by atoms with E-state index in [1.54, 1.807) is 18.5 Å². The molecule has 0 atom stereocenters. The molecule has 0 aliphatic carbocycles. The molecule has 0 amide bonds. The second-order valence-electron chi connectivity index (χ2n) is 5.86. The molecule has 0 fully saturated rings. The Morgan fingerprint density at radius 1 is 0.963 bits per heavy atom. The Hall–Kier alpha value is -4.07. The maximum absolute atomic E-state index is 12.2. The first-order valence-electron chi connectivity index (χ1n) is 8.19. The molecule has 0 bridgehead atoms. The largest absolute Gasteiger partial charge is 0.596 e. The zero-order chi connectivity index (χ0) is 18.2. The van der Waals surface area contributed by atoms with E-state index in [-0.39, 0.29) is 0 Å². The molecule has 5 rings (SSSR count). The fourth-order valence-electron chi connectivity index (χ4n) is 2.93. The third kappa shape index (κ3) is 2.60. The predicted octanol–water partition coefficient (Wildman–Crippen LogP) is 2.75. The predicted molar refractivity (Wildman–Crippen MR) is 96.1 cm³/mol. The Morgan fingerprint density at radius 2 is 1.81 bits per heavy atom. The van der Waals surface area contributed by atoms with Crippen LogP contribution in [0.25, 0.3) is 39.6 Å². The lowest BCUT2D eigenvalue weighted by molar-refractivity contribution is -0.676. The van der Waals surface area contributed by atoms with Gasteiger partial charge in [0.15, 0.2) is 0 Å². The van der Waals surface area contributed by atoms with Crippen LogP contribution in [0.5, 0.6) is 0 Å². The molecule has 4 heterocycles. The molecule has 4 aromatic heterocycles. The van der Waals surface area contributed by atoms with Crippen LogP contribution in [0.1, 0.15) is 0 Å². The van der Waals surface area contributed by atoms with Crippen molar-refractivity contribution in [1.29, 1.82) is 0 Å². The Balaban J connectivity index is 1.60. The minimum Gasteiger partial charge on any atom is -0.596 e. The van der Waals surface area contributed by atoms with E-state index in [0.29, 0.717) is 22.8 Å². The van der Waals surface area contributed by atoms with Gasteiger partial charge in [0.25, 0.3) is 0 Å². The molecular weight excluding hydrogens is 344 g/mol. The molecule has 0 N–H and O–H groups in total. The molecule has 0 saturated heterocycles. The molecule has 1 aromatic carbocycles. The summed E-state index contributed by atoms with van der Waals surface area (Å²) in [5.41, 5.74) is 4.39. The first-order chi connectivity index (χ1) is 13.3. The zero-order valence-corrected chi connectivity index (χ0v) is 13.9. The number of aromatic nitrogens is 6. The lowest BCUT2D eigenvalue weighted by atomic mass is 10.1. The van der Waals surface area contributed by atoms with Gasteiger partial charge in [0.05, 0.1) is 17.6 Å². The molecule has 27 heavy (non-hydrogen) atoms. The molecule has 8 heteroatoms. The molecular formula is C19H12N6O2. The monoisotopic (exact) mass is 356 g/mol. The van der Waals surface area contributed by atoms with Crippen LogP contribution >= 0.6 is 0 Å². The SMILES string of the molecule is [O-][n+]1cc(-c2ccccn2)c2nc(-c3ccc(-c4nnco4)cc3)ccn21. The van der Waals surface area contributed by atoms with Crippen LogP contribution in [0.2, 0.25) is 0 Å². The van der Waals surface area contributed by atoms with Crippen LogP contribution in [0.15, 0.2) is 77.9 Å². The van der Waals surface area contributed by atoms with Gasteiger partial charge in [-0.05, 0) is 30.3 Å². The molecule has 0 aliphatic rings. The summed E-state index contributed by atoms with van der Waals surface area (Å²) in [5.74, 6) is 0.460. The summed E-state index contributed by atoms with van der Waals surface area (Å²) >= 11 is 0. The molecule has 8 nitrogen and oxygen atoms in total. The highest BCUT2D eigenvalue weighted by Crippen LogP contribution is 2.25. The molecule has 0 aliphatic heterocycles. The van der Waals surface area contributed by atoms with E-state index in [0.717, 1.165) is 21.7 Å². The topological polar surface area (TPSA) is 96.0 Å². The summed E-state index contributed by atoms with van der Waals surface area (Å²) in [4.78, 5) is 9.76. The smallest absolute Gasteiger partial charge is 0.247 e. The Labute approximate surface area is 153 Å². The number of nitrogens with zero attached hydrogens (tertiary/aromatic N) is 6. The van der Waals surface area contributed by atoms with Gasteiger partial charge in [0, 0.05) is 17.3 Å². The van der Waals surface area contributed by atoms with Gasteiger partial charge in [-0.3, -0.25) is 4.98 Å². The van der Waals surface area contributed by atoms with Gasteiger partial charge >= 0.3 is 0 Å². The van der Waals surface area contributed by atoms with Gasteiger partial charge in [-0.25, -0.2) is 4.98 Å². The highest BCUT2D eigenvalue weighted by atomic mass is 16.5. The van der Waals surface area contributed by atoms with Crippen molar-refractivity contribution in [1.82, 2.24) is 24.7 Å². The van der Waals surface area contributed by atoms with Crippen molar-refractivity contribution in [2.24, 2.45) is 0 Å². The summed E-state index contributed by atoms with van der Waals surface area (Å²) < 4.78 is 6.65. The highest BCUT2D eigenvalue weighted by Gasteiger charge is 2.17. The second kappa shape index (κ2) is 6.03. The van der Waals surface area contributed by atoms with Crippen molar-refractivity contribution in [2.75, 3.05) is 0 Å². The Morgan fingerprint density at radius 3 is 2.56 bits per heavy atom. The van der Waals surface area contributed by atoms with Gasteiger partial charge in [0.2, 0.25) is 24.1 Å². The summed E-state index contributed by atoms with van der Waals surface area (Å²) in [5, 5.41) is 19.8. The fraction of sp³-hybridized carbons (Fsp3) is 0. The lowest BCUT2D eigenvalue weighted by Gasteiger charge is -2.03. The Kier molecular flexibility index (Phi) is 3.39. The van der Waals surface area contributed by atoms with Crippen molar-refractivity contribution in [3.8, 4) is 34.0 Å². The molecule has 0 saturated carbocycles. The average Bonchev–Trinajstić information content (AvgIpc) is 3.37. The van der Waals surface area contributed by atoms with Crippen molar-refractivity contribution in [3.63, 3.8) is 0 Å². The summed E-state index contributed by atoms with van der Waals surface area (Å²) in [6, 6.07) is 15.0. The van der Waals surface area contributed by atoms with Crippen LogP contribution in [-0.2, 0) is 0 Å². The maximum atomic E-state index is 12.2. The average molecular weight is 356 g/mol. The molecule has 0 radical (unpaired) electrons. The third-order valence-corrected chi connectivity index (χ3v) is 4.24. The molecule has 0 unspecified atom stereocenters. The van der Waals surface area contributed by atoms with Crippen LogP contribution in [0, 0.1) is 5.21 Å². The van der Waals surface area contributed by atoms with Crippen molar-refractivity contribution < 1.29 is 9.26 Å². The van der Waals surface area contributed by atoms with Gasteiger partial charge in [-0.2, -0.15) is 0 Å². The van der Waals surface area contributed by atoms with E-state index >= 15 is 0 Å². The quantitative estimate of drug-likeness (QED) is 0.364. The fourth-order valence-corrected chi connectivity index (χ4v) is 2.93. The molecule has 5 aromatic rings. The van der Waals surface area contributed by atoms with Crippen LogP contribution < -0.4 is 4.85 Å². The van der Waals surface area contributed by atoms with Gasteiger partial charge in [-0.1, -0.05) is 27.6 Å². The second-order valence-corrected chi connectivity index (χ2v) is 5.86.